The van der Waals surface area contributed by atoms with Crippen molar-refractivity contribution in [2.45, 2.75) is 45.3 Å². The first-order valence-electron chi connectivity index (χ1n) is 10.3. The molecular formula is C22H25F2N3O6. The molecule has 2 amide bonds. The molecule has 1 N–H and O–H groups in total. The second-order valence-electron chi connectivity index (χ2n) is 8.75. The van der Waals surface area contributed by atoms with E-state index in [9.17, 15) is 23.2 Å². The second-order valence-corrected chi connectivity index (χ2v) is 8.75. The van der Waals surface area contributed by atoms with E-state index >= 15 is 0 Å². The van der Waals surface area contributed by atoms with Crippen LogP contribution in [0.15, 0.2) is 28.8 Å². The highest BCUT2D eigenvalue weighted by molar-refractivity contribution is 5.94. The van der Waals surface area contributed by atoms with Crippen LogP contribution in [0.25, 0.3) is 11.3 Å². The number of carbonyl (C=O) groups excluding carboxylic acids is 3. The zero-order valence-corrected chi connectivity index (χ0v) is 18.7. The van der Waals surface area contributed by atoms with E-state index < -0.39 is 40.7 Å². The number of hydrogen-bond acceptors (Lipinski definition) is 7. The Morgan fingerprint density at radius 2 is 1.91 bits per heavy atom. The quantitative estimate of drug-likeness (QED) is 0.652. The van der Waals surface area contributed by atoms with Crippen LogP contribution in [0, 0.1) is 11.6 Å². The zero-order valence-electron chi connectivity index (χ0n) is 18.7. The number of halogens is 2. The largest absolute Gasteiger partial charge is 0.466 e. The molecule has 1 fully saturated rings. The van der Waals surface area contributed by atoms with Crippen molar-refractivity contribution < 1.29 is 37.2 Å². The maximum absolute atomic E-state index is 14.0. The zero-order chi connectivity index (χ0) is 24.4. The minimum absolute atomic E-state index is 0.0176. The van der Waals surface area contributed by atoms with Crippen molar-refractivity contribution in [3.8, 4) is 11.3 Å². The maximum atomic E-state index is 14.0. The summed E-state index contributed by atoms with van der Waals surface area (Å²) in [6.45, 7) is 7.03. The molecule has 33 heavy (non-hydrogen) atoms. The van der Waals surface area contributed by atoms with Gasteiger partial charge in [-0.1, -0.05) is 5.16 Å². The fourth-order valence-electron chi connectivity index (χ4n) is 3.37. The summed E-state index contributed by atoms with van der Waals surface area (Å²) < 4.78 is 42.5. The van der Waals surface area contributed by atoms with Crippen LogP contribution >= 0.6 is 0 Å². The number of hydrogen-bond donors (Lipinski definition) is 1. The molecule has 1 saturated heterocycles. The molecule has 178 valence electrons. The van der Waals surface area contributed by atoms with Crippen molar-refractivity contribution in [3.05, 3.63) is 41.6 Å². The van der Waals surface area contributed by atoms with Crippen molar-refractivity contribution >= 4 is 18.0 Å². The first-order chi connectivity index (χ1) is 15.4. The van der Waals surface area contributed by atoms with E-state index in [2.05, 4.69) is 10.5 Å². The van der Waals surface area contributed by atoms with Crippen molar-refractivity contribution in [2.75, 3.05) is 19.7 Å². The van der Waals surface area contributed by atoms with Crippen LogP contribution in [0.3, 0.4) is 0 Å². The molecule has 11 heteroatoms. The minimum Gasteiger partial charge on any atom is -0.466 e. The van der Waals surface area contributed by atoms with Gasteiger partial charge in [-0.25, -0.2) is 13.6 Å². The average Bonchev–Trinajstić information content (AvgIpc) is 3.14. The van der Waals surface area contributed by atoms with Gasteiger partial charge in [-0.05, 0) is 39.8 Å². The minimum atomic E-state index is -1.10. The highest BCUT2D eigenvalue weighted by Crippen LogP contribution is 2.29. The Morgan fingerprint density at radius 3 is 2.52 bits per heavy atom. The monoisotopic (exact) mass is 465 g/mol. The van der Waals surface area contributed by atoms with Crippen molar-refractivity contribution in [1.82, 2.24) is 15.4 Å². The molecule has 0 bridgehead atoms. The van der Waals surface area contributed by atoms with Crippen LogP contribution in [0.4, 0.5) is 13.6 Å². The summed E-state index contributed by atoms with van der Waals surface area (Å²) >= 11 is 0. The molecule has 3 rings (SSSR count). The molecular weight excluding hydrogens is 440 g/mol. The van der Waals surface area contributed by atoms with Crippen LogP contribution < -0.4 is 5.32 Å². The number of amides is 2. The number of nitrogens with one attached hydrogen (secondary N) is 1. The Morgan fingerprint density at radius 1 is 1.21 bits per heavy atom. The van der Waals surface area contributed by atoms with Gasteiger partial charge in [0.25, 0.3) is 5.91 Å². The van der Waals surface area contributed by atoms with E-state index in [4.69, 9.17) is 14.0 Å². The van der Waals surface area contributed by atoms with Gasteiger partial charge in [-0.15, -0.1) is 0 Å². The van der Waals surface area contributed by atoms with Crippen molar-refractivity contribution in [1.29, 1.82) is 0 Å². The maximum Gasteiger partial charge on any atom is 0.410 e. The summed E-state index contributed by atoms with van der Waals surface area (Å²) in [6.07, 6.45) is -0.754. The topological polar surface area (TPSA) is 111 Å². The van der Waals surface area contributed by atoms with Gasteiger partial charge < -0.3 is 24.2 Å². The van der Waals surface area contributed by atoms with E-state index in [0.29, 0.717) is 6.07 Å². The summed E-state index contributed by atoms with van der Waals surface area (Å²) in [5.74, 6) is -2.93. The average molecular weight is 465 g/mol. The van der Waals surface area contributed by atoms with E-state index in [0.717, 1.165) is 6.07 Å². The molecule has 0 atom stereocenters. The molecule has 2 heterocycles. The molecule has 9 nitrogen and oxygen atoms in total. The Balaban J connectivity index is 1.74. The number of esters is 1. The van der Waals surface area contributed by atoms with Crippen LogP contribution in [0.5, 0.6) is 0 Å². The molecule has 0 saturated carbocycles. The number of nitrogens with zero attached hydrogens (tertiary/aromatic N) is 2. The van der Waals surface area contributed by atoms with Crippen LogP contribution in [-0.2, 0) is 14.3 Å². The van der Waals surface area contributed by atoms with Gasteiger partial charge >= 0.3 is 12.1 Å². The third-order valence-electron chi connectivity index (χ3n) is 4.74. The third-order valence-corrected chi connectivity index (χ3v) is 4.74. The Hall–Kier alpha value is -3.50. The fraction of sp³-hybridized carbons (Fsp3) is 0.455. The molecule has 1 aliphatic rings. The van der Waals surface area contributed by atoms with Gasteiger partial charge in [0, 0.05) is 25.2 Å². The lowest BCUT2D eigenvalue weighted by molar-refractivity contribution is -0.146. The smallest absolute Gasteiger partial charge is 0.410 e. The normalized spacial score (nSPS) is 14.9. The molecule has 1 aliphatic heterocycles. The first-order valence-corrected chi connectivity index (χ1v) is 10.3. The summed E-state index contributed by atoms with van der Waals surface area (Å²) in [5, 5.41) is 6.35. The Bertz CT molecular complexity index is 1060. The Labute approximate surface area is 189 Å². The van der Waals surface area contributed by atoms with Crippen molar-refractivity contribution in [3.63, 3.8) is 0 Å². The third kappa shape index (κ3) is 5.85. The van der Waals surface area contributed by atoms with E-state index in [-0.39, 0.29) is 43.1 Å². The standard InChI is InChI=1S/C22H25F2N3O6/c1-5-31-18(28)10-22(11-27(12-22)20(30)32-21(2,3)4)25-19(29)16-9-17(33-26-16)14-7-6-13(23)8-15(14)24/h6-9H,5,10-12H2,1-4H3,(H,25,29). The van der Waals surface area contributed by atoms with Gasteiger partial charge in [0.2, 0.25) is 0 Å². The molecule has 1 aromatic carbocycles. The van der Waals surface area contributed by atoms with E-state index in [1.54, 1.807) is 27.7 Å². The van der Waals surface area contributed by atoms with E-state index in [1.807, 2.05) is 0 Å². The number of aromatic nitrogens is 1. The number of carbonyl (C=O) groups is 3. The fourth-order valence-corrected chi connectivity index (χ4v) is 3.37. The van der Waals surface area contributed by atoms with Gasteiger partial charge in [-0.3, -0.25) is 9.59 Å². The van der Waals surface area contributed by atoms with Crippen LogP contribution in [-0.4, -0.2) is 58.9 Å². The van der Waals surface area contributed by atoms with Crippen molar-refractivity contribution in [2.24, 2.45) is 0 Å². The Kier molecular flexibility index (Phi) is 6.71. The first kappa shape index (κ1) is 24.1. The predicted molar refractivity (Wildman–Crippen MR) is 111 cm³/mol. The summed E-state index contributed by atoms with van der Waals surface area (Å²) in [7, 11) is 0. The van der Waals surface area contributed by atoms with Gasteiger partial charge in [0.05, 0.1) is 24.1 Å². The number of ether oxygens (including phenoxy) is 2. The van der Waals surface area contributed by atoms with Gasteiger partial charge in [-0.2, -0.15) is 0 Å². The number of likely N-dealkylation sites (tertiary alicyclic amines) is 1. The SMILES string of the molecule is CCOC(=O)CC1(NC(=O)c2cc(-c3ccc(F)cc3F)on2)CN(C(=O)OC(C)(C)C)C1. The summed E-state index contributed by atoms with van der Waals surface area (Å²) in [4.78, 5) is 38.6. The van der Waals surface area contributed by atoms with Gasteiger partial charge in [0.15, 0.2) is 11.5 Å². The lowest BCUT2D eigenvalue weighted by atomic mass is 9.86. The molecule has 0 radical (unpaired) electrons. The number of rotatable bonds is 6. The van der Waals surface area contributed by atoms with Crippen LogP contribution in [0.2, 0.25) is 0 Å². The van der Waals surface area contributed by atoms with E-state index in [1.165, 1.54) is 17.0 Å². The molecule has 0 spiro atoms. The number of benzene rings is 1. The highest BCUT2D eigenvalue weighted by atomic mass is 19.1. The molecule has 2 aromatic rings. The van der Waals surface area contributed by atoms with Crippen LogP contribution in [0.1, 0.15) is 44.6 Å². The lowest BCUT2D eigenvalue weighted by Gasteiger charge is -2.49. The summed E-state index contributed by atoms with van der Waals surface area (Å²) in [5.41, 5.74) is -2.04. The predicted octanol–water partition coefficient (Wildman–Crippen LogP) is 3.29. The summed E-state index contributed by atoms with van der Waals surface area (Å²) in [6, 6.07) is 4.11. The lowest BCUT2D eigenvalue weighted by Crippen LogP contribution is -2.72. The molecule has 1 aromatic heterocycles. The molecule has 0 unspecified atom stereocenters. The molecule has 0 aliphatic carbocycles. The second kappa shape index (κ2) is 9.16. The van der Waals surface area contributed by atoms with Gasteiger partial charge in [0.1, 0.15) is 17.2 Å². The highest BCUT2D eigenvalue weighted by Gasteiger charge is 2.49.